The molecular formula is C6H14O3. The molecule has 3 nitrogen and oxygen atoms in total. The van der Waals surface area contributed by atoms with Gasteiger partial charge in [-0.1, -0.05) is 0 Å². The molecule has 0 rings (SSSR count). The van der Waals surface area contributed by atoms with E-state index in [0.29, 0.717) is 6.47 Å². The van der Waals surface area contributed by atoms with Crippen LogP contribution in [-0.2, 0) is 14.3 Å². The minimum absolute atomic E-state index is 0.375. The number of hydrogen-bond donors (Lipinski definition) is 0. The van der Waals surface area contributed by atoms with Crippen molar-refractivity contribution < 1.29 is 14.3 Å². The van der Waals surface area contributed by atoms with E-state index in [4.69, 9.17) is 9.53 Å². The fraction of sp³-hybridized carbons (Fsp3) is 0.833. The Morgan fingerprint density at radius 1 is 1.33 bits per heavy atom. The third-order valence-electron chi connectivity index (χ3n) is 0.504. The topological polar surface area (TPSA) is 35.5 Å². The van der Waals surface area contributed by atoms with Crippen molar-refractivity contribution >= 4 is 6.47 Å². The fourth-order valence-corrected chi connectivity index (χ4v) is 0.204. The van der Waals surface area contributed by atoms with Gasteiger partial charge in [0.05, 0.1) is 7.11 Å². The molecule has 9 heavy (non-hydrogen) atoms. The van der Waals surface area contributed by atoms with Crippen molar-refractivity contribution in [3.63, 3.8) is 0 Å². The number of carbonyl (C=O) groups excluding carboxylic acids is 1. The Bertz CT molecular complexity index is 43.6. The van der Waals surface area contributed by atoms with Crippen LogP contribution in [0.5, 0.6) is 0 Å². The monoisotopic (exact) mass is 134 g/mol. The van der Waals surface area contributed by atoms with Crippen LogP contribution in [0.4, 0.5) is 0 Å². The van der Waals surface area contributed by atoms with Crippen LogP contribution in [0.1, 0.15) is 13.8 Å². The summed E-state index contributed by atoms with van der Waals surface area (Å²) in [5.41, 5.74) is 0. The molecule has 0 aromatic carbocycles. The molecule has 0 aromatic rings. The van der Waals surface area contributed by atoms with Crippen LogP contribution in [0.2, 0.25) is 0 Å². The summed E-state index contributed by atoms with van der Waals surface area (Å²) in [7, 11) is 1.31. The molecule has 0 aromatic heterocycles. The van der Waals surface area contributed by atoms with Gasteiger partial charge in [-0.3, -0.25) is 4.79 Å². The minimum Gasteiger partial charge on any atom is -0.471 e. The Morgan fingerprint density at radius 3 is 1.67 bits per heavy atom. The standard InChI is InChI=1S/C4H10O.C2H4O2/c1-3-5-4-2;1-4-2-3/h3-4H2,1-2H3;2H,1H3. The minimum atomic E-state index is 0.375. The smallest absolute Gasteiger partial charge is 0.292 e. The molecule has 56 valence electrons. The molecule has 0 saturated heterocycles. The van der Waals surface area contributed by atoms with Gasteiger partial charge in [-0.15, -0.1) is 0 Å². The Hall–Kier alpha value is -0.570. The summed E-state index contributed by atoms with van der Waals surface area (Å²) in [6.45, 7) is 6.04. The maximum Gasteiger partial charge on any atom is 0.292 e. The number of hydrogen-bond acceptors (Lipinski definition) is 3. The van der Waals surface area contributed by atoms with Gasteiger partial charge in [0.25, 0.3) is 6.47 Å². The zero-order chi connectivity index (χ0) is 7.54. The third kappa shape index (κ3) is 37.1. The van der Waals surface area contributed by atoms with Gasteiger partial charge < -0.3 is 9.47 Å². The van der Waals surface area contributed by atoms with Crippen LogP contribution in [0.3, 0.4) is 0 Å². The van der Waals surface area contributed by atoms with Gasteiger partial charge in [-0.2, -0.15) is 0 Å². The van der Waals surface area contributed by atoms with E-state index in [9.17, 15) is 0 Å². The number of methoxy groups -OCH3 is 1. The van der Waals surface area contributed by atoms with E-state index in [1.54, 1.807) is 0 Å². The largest absolute Gasteiger partial charge is 0.471 e. The van der Waals surface area contributed by atoms with Gasteiger partial charge >= 0.3 is 0 Å². The highest BCUT2D eigenvalue weighted by Crippen LogP contribution is 1.64. The van der Waals surface area contributed by atoms with Crippen molar-refractivity contribution in [1.29, 1.82) is 0 Å². The average Bonchev–Trinajstić information content (AvgIpc) is 1.91. The Morgan fingerprint density at radius 2 is 1.67 bits per heavy atom. The van der Waals surface area contributed by atoms with Crippen molar-refractivity contribution in [3.8, 4) is 0 Å². The predicted molar refractivity (Wildman–Crippen MR) is 35.2 cm³/mol. The molecule has 0 atom stereocenters. The van der Waals surface area contributed by atoms with Crippen molar-refractivity contribution in [1.82, 2.24) is 0 Å². The molecule has 0 N–H and O–H groups in total. The maximum atomic E-state index is 8.95. The predicted octanol–water partition coefficient (Wildman–Crippen LogP) is 0.832. The van der Waals surface area contributed by atoms with Gasteiger partial charge in [0, 0.05) is 13.2 Å². The zero-order valence-corrected chi connectivity index (χ0v) is 6.22. The van der Waals surface area contributed by atoms with E-state index in [0.717, 1.165) is 13.2 Å². The van der Waals surface area contributed by atoms with Crippen LogP contribution >= 0.6 is 0 Å². The Kier molecular flexibility index (Phi) is 19.6. The van der Waals surface area contributed by atoms with Crippen LogP contribution < -0.4 is 0 Å². The van der Waals surface area contributed by atoms with Gasteiger partial charge in [0.2, 0.25) is 0 Å². The molecule has 0 radical (unpaired) electrons. The summed E-state index contributed by atoms with van der Waals surface area (Å²) >= 11 is 0. The molecule has 0 heterocycles. The summed E-state index contributed by atoms with van der Waals surface area (Å²) < 4.78 is 8.69. The van der Waals surface area contributed by atoms with Gasteiger partial charge in [0.15, 0.2) is 0 Å². The lowest BCUT2D eigenvalue weighted by Crippen LogP contribution is -1.84. The number of carbonyl (C=O) groups is 1. The lowest BCUT2D eigenvalue weighted by Gasteiger charge is -1.86. The molecule has 0 saturated carbocycles. The van der Waals surface area contributed by atoms with Crippen LogP contribution in [0, 0.1) is 0 Å². The van der Waals surface area contributed by atoms with E-state index in [1.165, 1.54) is 7.11 Å². The van der Waals surface area contributed by atoms with E-state index < -0.39 is 0 Å². The molecule has 0 aliphatic carbocycles. The molecular weight excluding hydrogens is 120 g/mol. The normalized spacial score (nSPS) is 7.00. The van der Waals surface area contributed by atoms with Crippen molar-refractivity contribution in [2.45, 2.75) is 13.8 Å². The highest BCUT2D eigenvalue weighted by atomic mass is 16.5. The van der Waals surface area contributed by atoms with Crippen LogP contribution in [-0.4, -0.2) is 26.8 Å². The van der Waals surface area contributed by atoms with Crippen LogP contribution in [0.25, 0.3) is 0 Å². The van der Waals surface area contributed by atoms with Gasteiger partial charge in [-0.25, -0.2) is 0 Å². The van der Waals surface area contributed by atoms with Crippen molar-refractivity contribution in [3.05, 3.63) is 0 Å². The van der Waals surface area contributed by atoms with Gasteiger partial charge in [0.1, 0.15) is 0 Å². The maximum absolute atomic E-state index is 8.95. The first-order valence-corrected chi connectivity index (χ1v) is 2.87. The summed E-state index contributed by atoms with van der Waals surface area (Å²) in [6.07, 6.45) is 0. The molecule has 0 spiro atoms. The summed E-state index contributed by atoms with van der Waals surface area (Å²) in [5.74, 6) is 0. The first-order chi connectivity index (χ1) is 4.33. The molecule has 0 unspecified atom stereocenters. The van der Waals surface area contributed by atoms with Crippen LogP contribution in [0.15, 0.2) is 0 Å². The molecule has 0 bridgehead atoms. The van der Waals surface area contributed by atoms with Gasteiger partial charge in [-0.05, 0) is 13.8 Å². The number of ether oxygens (including phenoxy) is 2. The highest BCUT2D eigenvalue weighted by molar-refractivity contribution is 5.36. The molecule has 0 fully saturated rings. The quantitative estimate of drug-likeness (QED) is 0.536. The number of rotatable bonds is 3. The lowest BCUT2D eigenvalue weighted by molar-refractivity contribution is -0.126. The average molecular weight is 134 g/mol. The fourth-order valence-electron chi connectivity index (χ4n) is 0.204. The van der Waals surface area contributed by atoms with Crippen molar-refractivity contribution in [2.24, 2.45) is 0 Å². The summed E-state index contributed by atoms with van der Waals surface area (Å²) in [4.78, 5) is 8.95. The third-order valence-corrected chi connectivity index (χ3v) is 0.504. The Balaban J connectivity index is 0. The first kappa shape index (κ1) is 11.3. The van der Waals surface area contributed by atoms with E-state index in [1.807, 2.05) is 13.8 Å². The molecule has 0 aliphatic heterocycles. The highest BCUT2D eigenvalue weighted by Gasteiger charge is 1.64. The van der Waals surface area contributed by atoms with E-state index >= 15 is 0 Å². The molecule has 0 aliphatic rings. The van der Waals surface area contributed by atoms with E-state index in [2.05, 4.69) is 4.74 Å². The summed E-state index contributed by atoms with van der Waals surface area (Å²) in [6, 6.07) is 0. The molecule has 3 heteroatoms. The lowest BCUT2D eigenvalue weighted by atomic mass is 10.8. The molecule has 0 amide bonds. The van der Waals surface area contributed by atoms with Crippen molar-refractivity contribution in [2.75, 3.05) is 20.3 Å². The summed E-state index contributed by atoms with van der Waals surface area (Å²) in [5, 5.41) is 0. The van der Waals surface area contributed by atoms with E-state index in [-0.39, 0.29) is 0 Å². The zero-order valence-electron chi connectivity index (χ0n) is 6.22. The second-order valence-electron chi connectivity index (χ2n) is 1.11. The SMILES string of the molecule is CCOCC.COC=O. The Labute approximate surface area is 56.0 Å². The first-order valence-electron chi connectivity index (χ1n) is 2.87. The second-order valence-corrected chi connectivity index (χ2v) is 1.11. The second kappa shape index (κ2) is 15.7.